The first-order valence-electron chi connectivity index (χ1n) is 6.05. The van der Waals surface area contributed by atoms with Gasteiger partial charge in [0, 0.05) is 12.6 Å². The smallest absolute Gasteiger partial charge is 0.387 e. The number of thiophene rings is 1. The summed E-state index contributed by atoms with van der Waals surface area (Å²) in [6, 6.07) is 8.87. The molecule has 6 heteroatoms. The van der Waals surface area contributed by atoms with Crippen LogP contribution >= 0.6 is 27.3 Å². The summed E-state index contributed by atoms with van der Waals surface area (Å²) in [4.78, 5) is 0. The second-order valence-electron chi connectivity index (χ2n) is 4.31. The molecule has 0 saturated heterocycles. The van der Waals surface area contributed by atoms with E-state index >= 15 is 0 Å². The first-order chi connectivity index (χ1) is 9.54. The molecule has 2 nitrogen and oxygen atoms in total. The molecule has 0 spiro atoms. The summed E-state index contributed by atoms with van der Waals surface area (Å²) in [6.07, 6.45) is 0. The molecule has 2 aromatic rings. The van der Waals surface area contributed by atoms with Gasteiger partial charge in [0.25, 0.3) is 0 Å². The van der Waals surface area contributed by atoms with Gasteiger partial charge in [0.15, 0.2) is 0 Å². The van der Waals surface area contributed by atoms with Crippen molar-refractivity contribution < 1.29 is 13.5 Å². The predicted molar refractivity (Wildman–Crippen MR) is 80.3 cm³/mol. The van der Waals surface area contributed by atoms with Crippen LogP contribution in [-0.2, 0) is 6.54 Å². The summed E-state index contributed by atoms with van der Waals surface area (Å²) >= 11 is 5.05. The lowest BCUT2D eigenvalue weighted by atomic mass is 10.1. The minimum absolute atomic E-state index is 0.0508. The van der Waals surface area contributed by atoms with Crippen molar-refractivity contribution in [3.05, 3.63) is 50.6 Å². The minimum Gasteiger partial charge on any atom is -0.435 e. The summed E-state index contributed by atoms with van der Waals surface area (Å²) in [7, 11) is 0. The number of hydrogen-bond donors (Lipinski definition) is 1. The average Bonchev–Trinajstić information content (AvgIpc) is 2.81. The Morgan fingerprint density at radius 1 is 1.35 bits per heavy atom. The quantitative estimate of drug-likeness (QED) is 0.784. The molecule has 1 atom stereocenters. The predicted octanol–water partition coefficient (Wildman–Crippen LogP) is 4.96. The number of halogens is 3. The molecular weight excluding hydrogens is 348 g/mol. The van der Waals surface area contributed by atoms with Crippen LogP contribution in [-0.4, -0.2) is 6.61 Å². The molecule has 0 saturated carbocycles. The summed E-state index contributed by atoms with van der Waals surface area (Å²) in [5.74, 6) is 0.185. The van der Waals surface area contributed by atoms with Gasteiger partial charge in [0.2, 0.25) is 0 Å². The molecule has 0 aliphatic rings. The molecule has 20 heavy (non-hydrogen) atoms. The van der Waals surface area contributed by atoms with Crippen molar-refractivity contribution in [1.29, 1.82) is 0 Å². The number of ether oxygens (including phenoxy) is 1. The van der Waals surface area contributed by atoms with Crippen LogP contribution in [0.3, 0.4) is 0 Å². The number of alkyl halides is 2. The Balaban J connectivity index is 1.96. The zero-order valence-electron chi connectivity index (χ0n) is 10.8. The Hall–Kier alpha value is -0.980. The zero-order chi connectivity index (χ0) is 14.5. The van der Waals surface area contributed by atoms with E-state index in [-0.39, 0.29) is 11.8 Å². The van der Waals surface area contributed by atoms with Crippen molar-refractivity contribution in [3.63, 3.8) is 0 Å². The summed E-state index contributed by atoms with van der Waals surface area (Å²) in [6.45, 7) is -0.0804. The van der Waals surface area contributed by atoms with E-state index in [0.29, 0.717) is 0 Å². The van der Waals surface area contributed by atoms with Crippen molar-refractivity contribution in [2.24, 2.45) is 0 Å². The summed E-state index contributed by atoms with van der Waals surface area (Å²) in [5.41, 5.74) is 2.10. The Kier molecular flexibility index (Phi) is 5.51. The van der Waals surface area contributed by atoms with Crippen molar-refractivity contribution in [2.75, 3.05) is 0 Å². The van der Waals surface area contributed by atoms with E-state index in [1.807, 2.05) is 13.0 Å². The number of nitrogens with one attached hydrogen (secondary N) is 1. The molecule has 0 amide bonds. The van der Waals surface area contributed by atoms with Crippen LogP contribution in [0.25, 0.3) is 0 Å². The van der Waals surface area contributed by atoms with Gasteiger partial charge in [0.1, 0.15) is 5.75 Å². The molecule has 0 aliphatic heterocycles. The Morgan fingerprint density at radius 2 is 2.15 bits per heavy atom. The molecule has 0 aliphatic carbocycles. The fourth-order valence-electron chi connectivity index (χ4n) is 1.79. The largest absolute Gasteiger partial charge is 0.435 e. The van der Waals surface area contributed by atoms with Gasteiger partial charge in [-0.25, -0.2) is 0 Å². The van der Waals surface area contributed by atoms with Gasteiger partial charge < -0.3 is 10.1 Å². The normalized spacial score (nSPS) is 12.7. The fourth-order valence-corrected chi connectivity index (χ4v) is 3.00. The molecule has 1 unspecified atom stereocenters. The van der Waals surface area contributed by atoms with Gasteiger partial charge in [-0.15, -0.1) is 11.3 Å². The summed E-state index contributed by atoms with van der Waals surface area (Å²) in [5, 5.41) is 5.42. The van der Waals surface area contributed by atoms with Gasteiger partial charge in [-0.2, -0.15) is 8.78 Å². The van der Waals surface area contributed by atoms with Crippen LogP contribution in [0.5, 0.6) is 5.75 Å². The highest BCUT2D eigenvalue weighted by Crippen LogP contribution is 2.23. The third kappa shape index (κ3) is 4.54. The highest BCUT2D eigenvalue weighted by Gasteiger charge is 2.09. The van der Waals surface area contributed by atoms with Gasteiger partial charge in [0.05, 0.1) is 3.79 Å². The highest BCUT2D eigenvalue weighted by atomic mass is 79.9. The number of benzene rings is 1. The standard InChI is InChI=1S/C14H14BrF2NOS/c1-9(18-7-10-5-13(15)20-8-10)11-3-2-4-12(6-11)19-14(16)17/h2-6,8-9,14,18H,7H2,1H3. The van der Waals surface area contributed by atoms with Crippen molar-refractivity contribution in [1.82, 2.24) is 5.32 Å². The maximum Gasteiger partial charge on any atom is 0.387 e. The lowest BCUT2D eigenvalue weighted by Gasteiger charge is -2.15. The third-order valence-electron chi connectivity index (χ3n) is 2.82. The maximum absolute atomic E-state index is 12.2. The van der Waals surface area contributed by atoms with Crippen LogP contribution in [0.2, 0.25) is 0 Å². The van der Waals surface area contributed by atoms with E-state index in [4.69, 9.17) is 0 Å². The van der Waals surface area contributed by atoms with Crippen molar-refractivity contribution in [3.8, 4) is 5.75 Å². The van der Waals surface area contributed by atoms with Gasteiger partial charge in [-0.3, -0.25) is 0 Å². The third-order valence-corrected chi connectivity index (χ3v) is 4.37. The Morgan fingerprint density at radius 3 is 2.80 bits per heavy atom. The van der Waals surface area contributed by atoms with Gasteiger partial charge >= 0.3 is 6.61 Å². The molecule has 1 aromatic carbocycles. The molecule has 1 N–H and O–H groups in total. The van der Waals surface area contributed by atoms with Crippen LogP contribution in [0, 0.1) is 0 Å². The zero-order valence-corrected chi connectivity index (χ0v) is 13.2. The molecule has 1 heterocycles. The molecular formula is C14H14BrF2NOS. The second-order valence-corrected chi connectivity index (χ2v) is 6.60. The number of hydrogen-bond acceptors (Lipinski definition) is 3. The molecule has 0 bridgehead atoms. The first kappa shape index (κ1) is 15.4. The lowest BCUT2D eigenvalue weighted by molar-refractivity contribution is -0.0499. The molecule has 0 radical (unpaired) electrons. The van der Waals surface area contributed by atoms with Gasteiger partial charge in [-0.1, -0.05) is 12.1 Å². The minimum atomic E-state index is -2.79. The van der Waals surface area contributed by atoms with Crippen LogP contribution < -0.4 is 10.1 Å². The van der Waals surface area contributed by atoms with E-state index in [0.717, 1.165) is 15.9 Å². The van der Waals surface area contributed by atoms with E-state index in [2.05, 4.69) is 37.4 Å². The van der Waals surface area contributed by atoms with Crippen LogP contribution in [0.15, 0.2) is 39.5 Å². The van der Waals surface area contributed by atoms with Gasteiger partial charge in [-0.05, 0) is 57.6 Å². The monoisotopic (exact) mass is 361 g/mol. The first-order valence-corrected chi connectivity index (χ1v) is 7.73. The topological polar surface area (TPSA) is 21.3 Å². The SMILES string of the molecule is CC(NCc1csc(Br)c1)c1cccc(OC(F)F)c1. The van der Waals surface area contributed by atoms with E-state index in [1.165, 1.54) is 11.6 Å². The fraction of sp³-hybridized carbons (Fsp3) is 0.286. The number of rotatable bonds is 6. The maximum atomic E-state index is 12.2. The molecule has 108 valence electrons. The summed E-state index contributed by atoms with van der Waals surface area (Å²) < 4.78 is 29.9. The molecule has 1 aromatic heterocycles. The van der Waals surface area contributed by atoms with Crippen molar-refractivity contribution in [2.45, 2.75) is 26.1 Å². The van der Waals surface area contributed by atoms with E-state index < -0.39 is 6.61 Å². The molecule has 2 rings (SSSR count). The van der Waals surface area contributed by atoms with E-state index in [1.54, 1.807) is 23.5 Å². The Bertz CT molecular complexity index is 562. The van der Waals surface area contributed by atoms with Crippen molar-refractivity contribution >= 4 is 27.3 Å². The Labute approximate surface area is 128 Å². The van der Waals surface area contributed by atoms with Crippen LogP contribution in [0.1, 0.15) is 24.1 Å². The highest BCUT2D eigenvalue weighted by molar-refractivity contribution is 9.11. The second kappa shape index (κ2) is 7.15. The van der Waals surface area contributed by atoms with Crippen LogP contribution in [0.4, 0.5) is 8.78 Å². The average molecular weight is 362 g/mol. The molecule has 0 fully saturated rings. The van der Waals surface area contributed by atoms with E-state index in [9.17, 15) is 8.78 Å². The lowest BCUT2D eigenvalue weighted by Crippen LogP contribution is -2.17.